The molecule has 1 aliphatic rings. The van der Waals surface area contributed by atoms with Crippen LogP contribution in [0.1, 0.15) is 29.1 Å². The quantitative estimate of drug-likeness (QED) is 0.926. The second-order valence-electron chi connectivity index (χ2n) is 5.45. The summed E-state index contributed by atoms with van der Waals surface area (Å²) in [5.74, 6) is 0.802. The largest absolute Gasteiger partial charge is 0.416 e. The first-order chi connectivity index (χ1) is 9.93. The monoisotopic (exact) mass is 295 g/mol. The highest BCUT2D eigenvalue weighted by Gasteiger charge is 2.30. The summed E-state index contributed by atoms with van der Waals surface area (Å²) >= 11 is 0. The Labute approximate surface area is 120 Å². The number of alkyl halides is 3. The number of halogens is 3. The third-order valence-corrected chi connectivity index (χ3v) is 3.83. The Balaban J connectivity index is 1.85. The van der Waals surface area contributed by atoms with Crippen LogP contribution < -0.4 is 5.73 Å². The molecule has 2 aromatic rings. The predicted octanol–water partition coefficient (Wildman–Crippen LogP) is 2.77. The molecule has 2 N–H and O–H groups in total. The van der Waals surface area contributed by atoms with Crippen molar-refractivity contribution in [1.82, 2.24) is 9.55 Å². The minimum atomic E-state index is -4.31. The van der Waals surface area contributed by atoms with Gasteiger partial charge in [-0.1, -0.05) is 18.2 Å². The van der Waals surface area contributed by atoms with Crippen LogP contribution in [0.25, 0.3) is 0 Å². The normalized spacial score (nSPS) is 18.6. The molecule has 0 amide bonds. The number of hydrogen-bond donors (Lipinski definition) is 1. The van der Waals surface area contributed by atoms with Gasteiger partial charge in [-0.05, 0) is 18.1 Å². The van der Waals surface area contributed by atoms with Gasteiger partial charge in [0.2, 0.25) is 0 Å². The zero-order valence-electron chi connectivity index (χ0n) is 11.4. The lowest BCUT2D eigenvalue weighted by Gasteiger charge is -2.21. The average Bonchev–Trinajstić information content (AvgIpc) is 2.80. The molecule has 3 nitrogen and oxygen atoms in total. The van der Waals surface area contributed by atoms with E-state index in [2.05, 4.69) is 9.55 Å². The number of nitrogens with zero attached hydrogens (tertiary/aromatic N) is 2. The highest BCUT2D eigenvalue weighted by Crippen LogP contribution is 2.30. The van der Waals surface area contributed by atoms with E-state index in [9.17, 15) is 13.2 Å². The van der Waals surface area contributed by atoms with Crippen molar-refractivity contribution in [2.45, 2.75) is 38.0 Å². The highest BCUT2D eigenvalue weighted by atomic mass is 19.4. The van der Waals surface area contributed by atoms with Gasteiger partial charge in [-0.25, -0.2) is 4.98 Å². The van der Waals surface area contributed by atoms with E-state index in [0.717, 1.165) is 37.0 Å². The Morgan fingerprint density at radius 3 is 2.90 bits per heavy atom. The zero-order chi connectivity index (χ0) is 15.0. The summed E-state index contributed by atoms with van der Waals surface area (Å²) in [6.07, 6.45) is -0.482. The second kappa shape index (κ2) is 5.18. The number of fused-ring (bicyclic) bond motifs is 1. The smallest absolute Gasteiger partial charge is 0.332 e. The van der Waals surface area contributed by atoms with Gasteiger partial charge >= 0.3 is 6.18 Å². The van der Waals surface area contributed by atoms with E-state index in [1.54, 1.807) is 12.3 Å². The van der Waals surface area contributed by atoms with Crippen molar-refractivity contribution < 1.29 is 13.2 Å². The molecule has 1 atom stereocenters. The summed E-state index contributed by atoms with van der Waals surface area (Å²) < 4.78 is 40.3. The lowest BCUT2D eigenvalue weighted by atomic mass is 10.0. The molecule has 1 aromatic carbocycles. The predicted molar refractivity (Wildman–Crippen MR) is 72.8 cm³/mol. The first kappa shape index (κ1) is 14.1. The summed E-state index contributed by atoms with van der Waals surface area (Å²) in [5, 5.41) is 0. The van der Waals surface area contributed by atoms with Crippen molar-refractivity contribution in [3.05, 3.63) is 53.1 Å². The van der Waals surface area contributed by atoms with Crippen LogP contribution in [0.5, 0.6) is 0 Å². The third-order valence-electron chi connectivity index (χ3n) is 3.83. The summed E-state index contributed by atoms with van der Waals surface area (Å²) in [7, 11) is 0. The van der Waals surface area contributed by atoms with Crippen LogP contribution in [0.3, 0.4) is 0 Å². The molecule has 6 heteroatoms. The van der Waals surface area contributed by atoms with Crippen LogP contribution in [0, 0.1) is 0 Å². The van der Waals surface area contributed by atoms with Crippen LogP contribution in [0.2, 0.25) is 0 Å². The Kier molecular flexibility index (Phi) is 3.49. The highest BCUT2D eigenvalue weighted by molar-refractivity contribution is 5.28. The van der Waals surface area contributed by atoms with E-state index in [4.69, 9.17) is 5.73 Å². The van der Waals surface area contributed by atoms with E-state index in [1.807, 2.05) is 0 Å². The molecule has 0 saturated carbocycles. The number of aromatic nitrogens is 2. The molecule has 0 fully saturated rings. The molecule has 3 rings (SSSR count). The van der Waals surface area contributed by atoms with Crippen LogP contribution in [-0.2, 0) is 25.6 Å². The van der Waals surface area contributed by atoms with E-state index < -0.39 is 11.7 Å². The minimum absolute atomic E-state index is 0.149. The van der Waals surface area contributed by atoms with E-state index in [0.29, 0.717) is 12.0 Å². The van der Waals surface area contributed by atoms with Gasteiger partial charge < -0.3 is 10.3 Å². The van der Waals surface area contributed by atoms with Gasteiger partial charge in [0.25, 0.3) is 0 Å². The molecule has 2 heterocycles. The van der Waals surface area contributed by atoms with Crippen molar-refractivity contribution in [2.75, 3.05) is 0 Å². The molecule has 0 saturated heterocycles. The SMILES string of the molecule is NC1CCn2c(cnc2Cc2cccc(C(F)(F)F)c2)C1. The molecule has 21 heavy (non-hydrogen) atoms. The molecule has 0 aliphatic carbocycles. The van der Waals surface area contributed by atoms with E-state index in [1.165, 1.54) is 12.1 Å². The number of benzene rings is 1. The minimum Gasteiger partial charge on any atom is -0.332 e. The first-order valence-corrected chi connectivity index (χ1v) is 6.88. The number of imidazole rings is 1. The lowest BCUT2D eigenvalue weighted by Crippen LogP contribution is -2.31. The zero-order valence-corrected chi connectivity index (χ0v) is 11.4. The summed E-state index contributed by atoms with van der Waals surface area (Å²) in [4.78, 5) is 4.35. The van der Waals surface area contributed by atoms with E-state index >= 15 is 0 Å². The average molecular weight is 295 g/mol. The van der Waals surface area contributed by atoms with Crippen LogP contribution in [0.4, 0.5) is 13.2 Å². The van der Waals surface area contributed by atoms with E-state index in [-0.39, 0.29) is 6.04 Å². The Hall–Kier alpha value is -1.82. The topological polar surface area (TPSA) is 43.8 Å². The van der Waals surface area contributed by atoms with Gasteiger partial charge in [0.05, 0.1) is 5.56 Å². The maximum Gasteiger partial charge on any atom is 0.416 e. The first-order valence-electron chi connectivity index (χ1n) is 6.88. The molecule has 1 aromatic heterocycles. The molecular formula is C15H16F3N3. The second-order valence-corrected chi connectivity index (χ2v) is 5.45. The fourth-order valence-corrected chi connectivity index (χ4v) is 2.74. The van der Waals surface area contributed by atoms with Gasteiger partial charge in [0.1, 0.15) is 5.82 Å². The molecule has 0 bridgehead atoms. The summed E-state index contributed by atoms with van der Waals surface area (Å²) in [6.45, 7) is 0.783. The van der Waals surface area contributed by atoms with Gasteiger partial charge in [0.15, 0.2) is 0 Å². The van der Waals surface area contributed by atoms with Crippen LogP contribution in [-0.4, -0.2) is 15.6 Å². The molecule has 1 aliphatic heterocycles. The van der Waals surface area contributed by atoms with Crippen LogP contribution >= 0.6 is 0 Å². The van der Waals surface area contributed by atoms with Gasteiger partial charge in [-0.15, -0.1) is 0 Å². The summed E-state index contributed by atoms with van der Waals surface area (Å²) in [5.41, 5.74) is 6.98. The Bertz CT molecular complexity index is 646. The van der Waals surface area contributed by atoms with Crippen molar-refractivity contribution in [3.8, 4) is 0 Å². The number of rotatable bonds is 2. The Morgan fingerprint density at radius 1 is 1.33 bits per heavy atom. The number of hydrogen-bond acceptors (Lipinski definition) is 2. The standard InChI is InChI=1S/C15H16F3N3/c16-15(17,18)11-3-1-2-10(6-11)7-14-20-9-13-8-12(19)4-5-21(13)14/h1-3,6,9,12H,4-5,7-8,19H2. The summed E-state index contributed by atoms with van der Waals surface area (Å²) in [6, 6.07) is 5.56. The molecule has 0 spiro atoms. The van der Waals surface area contributed by atoms with Gasteiger partial charge in [-0.2, -0.15) is 13.2 Å². The van der Waals surface area contributed by atoms with Gasteiger partial charge in [-0.3, -0.25) is 0 Å². The van der Waals surface area contributed by atoms with Crippen molar-refractivity contribution in [1.29, 1.82) is 0 Å². The molecule has 1 unspecified atom stereocenters. The molecule has 0 radical (unpaired) electrons. The third kappa shape index (κ3) is 2.95. The van der Waals surface area contributed by atoms with Crippen LogP contribution in [0.15, 0.2) is 30.5 Å². The fourth-order valence-electron chi connectivity index (χ4n) is 2.74. The van der Waals surface area contributed by atoms with Gasteiger partial charge in [0, 0.05) is 37.3 Å². The molecule has 112 valence electrons. The maximum atomic E-state index is 12.7. The Morgan fingerprint density at radius 2 is 2.14 bits per heavy atom. The fraction of sp³-hybridized carbons (Fsp3) is 0.400. The lowest BCUT2D eigenvalue weighted by molar-refractivity contribution is -0.137. The number of nitrogens with two attached hydrogens (primary N) is 1. The van der Waals surface area contributed by atoms with Crippen molar-refractivity contribution in [2.24, 2.45) is 5.73 Å². The molecular weight excluding hydrogens is 279 g/mol. The van der Waals surface area contributed by atoms with Crippen molar-refractivity contribution in [3.63, 3.8) is 0 Å². The van der Waals surface area contributed by atoms with Crippen molar-refractivity contribution >= 4 is 0 Å². The maximum absolute atomic E-state index is 12.7.